The van der Waals surface area contributed by atoms with E-state index in [4.69, 9.17) is 5.11 Å². The van der Waals surface area contributed by atoms with Crippen LogP contribution in [0.5, 0.6) is 0 Å². The van der Waals surface area contributed by atoms with E-state index >= 15 is 0 Å². The molecule has 0 aromatic rings. The van der Waals surface area contributed by atoms with Crippen molar-refractivity contribution in [3.05, 3.63) is 0 Å². The number of hydrogen-bond donors (Lipinski definition) is 1. The van der Waals surface area contributed by atoms with Gasteiger partial charge in [0.25, 0.3) is 0 Å². The van der Waals surface area contributed by atoms with Crippen molar-refractivity contribution < 1.29 is 36.6 Å². The van der Waals surface area contributed by atoms with E-state index in [1.54, 1.807) is 0 Å². The lowest BCUT2D eigenvalue weighted by Gasteiger charge is -2.40. The molecule has 0 aromatic carbocycles. The van der Waals surface area contributed by atoms with Gasteiger partial charge < -0.3 is 10.0 Å². The average Bonchev–Trinajstić information content (AvgIpc) is 2.07. The standard InChI is InChI=1S/C8H8F5NO3/c9-7(10,8(11,12)13)6(17)14-2-4(3-14)1-5(15)16/h4H,1-3H2,(H,15,16). The van der Waals surface area contributed by atoms with E-state index in [0.717, 1.165) is 0 Å². The molecule has 98 valence electrons. The topological polar surface area (TPSA) is 57.6 Å². The Labute approximate surface area is 92.0 Å². The third kappa shape index (κ3) is 2.64. The number of carbonyl (C=O) groups excluding carboxylic acids is 1. The lowest BCUT2D eigenvalue weighted by Crippen LogP contribution is -2.59. The van der Waals surface area contributed by atoms with Gasteiger partial charge in [-0.3, -0.25) is 9.59 Å². The van der Waals surface area contributed by atoms with E-state index in [1.807, 2.05) is 0 Å². The SMILES string of the molecule is O=C(O)CC1CN(C(=O)C(F)(F)C(F)(F)F)C1. The molecule has 1 fully saturated rings. The van der Waals surface area contributed by atoms with E-state index in [2.05, 4.69) is 0 Å². The van der Waals surface area contributed by atoms with E-state index in [9.17, 15) is 31.5 Å². The highest BCUT2D eigenvalue weighted by Gasteiger charge is 2.65. The minimum Gasteiger partial charge on any atom is -0.481 e. The molecule has 0 spiro atoms. The zero-order chi connectivity index (χ0) is 13.4. The number of carboxylic acid groups (broad SMARTS) is 1. The number of carboxylic acids is 1. The number of hydrogen-bond acceptors (Lipinski definition) is 2. The maximum absolute atomic E-state index is 12.6. The van der Waals surface area contributed by atoms with Gasteiger partial charge in [0.2, 0.25) is 0 Å². The molecule has 0 aliphatic carbocycles. The smallest absolute Gasteiger partial charge is 0.463 e. The van der Waals surface area contributed by atoms with E-state index in [-0.39, 0.29) is 6.42 Å². The maximum atomic E-state index is 12.6. The molecule has 1 aliphatic heterocycles. The summed E-state index contributed by atoms with van der Waals surface area (Å²) in [6.07, 6.45) is -6.29. The molecule has 0 aromatic heterocycles. The highest BCUT2D eigenvalue weighted by molar-refractivity contribution is 5.85. The maximum Gasteiger partial charge on any atom is 0.463 e. The van der Waals surface area contributed by atoms with Gasteiger partial charge in [-0.15, -0.1) is 0 Å². The van der Waals surface area contributed by atoms with Crippen molar-refractivity contribution in [2.45, 2.75) is 18.5 Å². The summed E-state index contributed by atoms with van der Waals surface area (Å²) in [5.41, 5.74) is 0. The summed E-state index contributed by atoms with van der Waals surface area (Å²) >= 11 is 0. The van der Waals surface area contributed by atoms with E-state index < -0.39 is 43.0 Å². The Bertz CT molecular complexity index is 335. The molecule has 1 rings (SSSR count). The predicted molar refractivity (Wildman–Crippen MR) is 43.3 cm³/mol. The first-order chi connectivity index (χ1) is 7.55. The molecule has 17 heavy (non-hydrogen) atoms. The molecule has 4 nitrogen and oxygen atoms in total. The third-order valence-electron chi connectivity index (χ3n) is 2.33. The Morgan fingerprint density at radius 2 is 1.65 bits per heavy atom. The van der Waals surface area contributed by atoms with Crippen LogP contribution in [0, 0.1) is 5.92 Å². The van der Waals surface area contributed by atoms with Crippen molar-refractivity contribution in [3.63, 3.8) is 0 Å². The summed E-state index contributed by atoms with van der Waals surface area (Å²) in [4.78, 5) is 21.3. The predicted octanol–water partition coefficient (Wildman–Crippen LogP) is 1.12. The molecule has 0 atom stereocenters. The summed E-state index contributed by atoms with van der Waals surface area (Å²) < 4.78 is 60.6. The van der Waals surface area contributed by atoms with E-state index in [1.165, 1.54) is 0 Å². The molecule has 1 N–H and O–H groups in total. The first-order valence-electron chi connectivity index (χ1n) is 4.51. The van der Waals surface area contributed by atoms with Gasteiger partial charge in [-0.05, 0) is 0 Å². The largest absolute Gasteiger partial charge is 0.481 e. The second-order valence-corrected chi connectivity index (χ2v) is 3.75. The third-order valence-corrected chi connectivity index (χ3v) is 2.33. The number of aliphatic carboxylic acids is 1. The van der Waals surface area contributed by atoms with E-state index in [0.29, 0.717) is 4.90 Å². The van der Waals surface area contributed by atoms with Gasteiger partial charge in [-0.2, -0.15) is 22.0 Å². The summed E-state index contributed by atoms with van der Waals surface area (Å²) in [6.45, 7) is -0.784. The van der Waals surface area contributed by atoms with Crippen molar-refractivity contribution in [2.75, 3.05) is 13.1 Å². The molecule has 0 radical (unpaired) electrons. The number of amides is 1. The van der Waals surface area contributed by atoms with Crippen LogP contribution in [-0.4, -0.2) is 47.1 Å². The van der Waals surface area contributed by atoms with Crippen molar-refractivity contribution in [2.24, 2.45) is 5.92 Å². The molecule has 0 saturated carbocycles. The van der Waals surface area contributed by atoms with Crippen molar-refractivity contribution >= 4 is 11.9 Å². The van der Waals surface area contributed by atoms with Crippen LogP contribution in [0.2, 0.25) is 0 Å². The van der Waals surface area contributed by atoms with Crippen LogP contribution in [-0.2, 0) is 9.59 Å². The molecule has 1 saturated heterocycles. The minimum absolute atomic E-state index is 0.307. The molecule has 0 unspecified atom stereocenters. The minimum atomic E-state index is -5.93. The first-order valence-corrected chi connectivity index (χ1v) is 4.51. The Balaban J connectivity index is 2.55. The van der Waals surface area contributed by atoms with Crippen molar-refractivity contribution in [3.8, 4) is 0 Å². The van der Waals surface area contributed by atoms with Gasteiger partial charge in [0.05, 0.1) is 6.42 Å². The zero-order valence-electron chi connectivity index (χ0n) is 8.30. The lowest BCUT2D eigenvalue weighted by molar-refractivity contribution is -0.276. The summed E-state index contributed by atoms with van der Waals surface area (Å²) in [5, 5.41) is 8.33. The van der Waals surface area contributed by atoms with Gasteiger partial charge in [-0.25, -0.2) is 0 Å². The monoisotopic (exact) mass is 261 g/mol. The highest BCUT2D eigenvalue weighted by Crippen LogP contribution is 2.38. The van der Waals surface area contributed by atoms with Gasteiger partial charge in [-0.1, -0.05) is 0 Å². The lowest BCUT2D eigenvalue weighted by atomic mass is 9.95. The van der Waals surface area contributed by atoms with Gasteiger partial charge >= 0.3 is 24.0 Å². The fraction of sp³-hybridized carbons (Fsp3) is 0.750. The number of rotatable bonds is 3. The van der Waals surface area contributed by atoms with Gasteiger partial charge in [0, 0.05) is 19.0 Å². The van der Waals surface area contributed by atoms with Gasteiger partial charge in [0.1, 0.15) is 0 Å². The summed E-state index contributed by atoms with van der Waals surface area (Å²) in [7, 11) is 0. The molecule has 0 bridgehead atoms. The Kier molecular flexibility index (Phi) is 3.30. The van der Waals surface area contributed by atoms with Crippen molar-refractivity contribution in [1.29, 1.82) is 0 Å². The number of halogens is 5. The summed E-state index contributed by atoms with van der Waals surface area (Å²) in [6, 6.07) is 0. The van der Waals surface area contributed by atoms with Crippen LogP contribution in [0.4, 0.5) is 22.0 Å². The second kappa shape index (κ2) is 4.11. The normalized spacial score (nSPS) is 17.8. The average molecular weight is 261 g/mol. The molecule has 1 heterocycles. The van der Waals surface area contributed by atoms with Crippen LogP contribution < -0.4 is 0 Å². The quantitative estimate of drug-likeness (QED) is 0.774. The molecule has 1 aliphatic rings. The fourth-order valence-corrected chi connectivity index (χ4v) is 1.43. The molecular formula is C8H8F5NO3. The Hall–Kier alpha value is -1.41. The van der Waals surface area contributed by atoms with Crippen LogP contribution >= 0.6 is 0 Å². The number of carbonyl (C=O) groups is 2. The van der Waals surface area contributed by atoms with Crippen LogP contribution in [0.1, 0.15) is 6.42 Å². The van der Waals surface area contributed by atoms with Crippen molar-refractivity contribution in [1.82, 2.24) is 4.90 Å². The van der Waals surface area contributed by atoms with Gasteiger partial charge in [0.15, 0.2) is 0 Å². The fourth-order valence-electron chi connectivity index (χ4n) is 1.43. The molecule has 1 amide bonds. The molecule has 9 heteroatoms. The Morgan fingerprint density at radius 3 is 2.00 bits per heavy atom. The van der Waals surface area contributed by atoms with Crippen LogP contribution in [0.15, 0.2) is 0 Å². The second-order valence-electron chi connectivity index (χ2n) is 3.75. The number of alkyl halides is 5. The zero-order valence-corrected chi connectivity index (χ0v) is 8.30. The highest BCUT2D eigenvalue weighted by atomic mass is 19.4. The Morgan fingerprint density at radius 1 is 1.18 bits per heavy atom. The van der Waals surface area contributed by atoms with Crippen LogP contribution in [0.25, 0.3) is 0 Å². The molecular weight excluding hydrogens is 253 g/mol. The number of nitrogens with zero attached hydrogens (tertiary/aromatic N) is 1. The number of likely N-dealkylation sites (tertiary alicyclic amines) is 1. The van der Waals surface area contributed by atoms with Crippen LogP contribution in [0.3, 0.4) is 0 Å². The first kappa shape index (κ1) is 13.7. The summed E-state index contributed by atoms with van der Waals surface area (Å²) in [5.74, 6) is -9.50.